The topological polar surface area (TPSA) is 92.7 Å². The van der Waals surface area contributed by atoms with Crippen molar-refractivity contribution in [2.75, 3.05) is 26.2 Å². The van der Waals surface area contributed by atoms with Crippen molar-refractivity contribution in [3.8, 4) is 11.7 Å². The molecule has 0 N–H and O–H groups in total. The Morgan fingerprint density at radius 2 is 1.74 bits per heavy atom. The van der Waals surface area contributed by atoms with Gasteiger partial charge in [0.05, 0.1) is 18.6 Å². The first-order valence-electron chi connectivity index (χ1n) is 8.70. The average molecular weight is 388 g/mol. The highest BCUT2D eigenvalue weighted by Crippen LogP contribution is 2.19. The third kappa shape index (κ3) is 4.26. The Hall–Kier alpha value is -2.49. The molecular weight excluding hydrogens is 368 g/mol. The summed E-state index contributed by atoms with van der Waals surface area (Å²) in [5.41, 5.74) is 0.802. The second kappa shape index (κ2) is 7.63. The van der Waals surface area contributed by atoms with Gasteiger partial charge in [-0.15, -0.1) is 10.2 Å². The normalized spacial score (nSPS) is 16.6. The van der Waals surface area contributed by atoms with E-state index in [4.69, 9.17) is 8.83 Å². The van der Waals surface area contributed by atoms with Crippen LogP contribution in [-0.4, -0.2) is 54.0 Å². The molecule has 0 radical (unpaired) electrons. The molecule has 0 spiro atoms. The summed E-state index contributed by atoms with van der Waals surface area (Å²) in [5.74, 6) is 1.40. The molecule has 0 atom stereocenters. The third-order valence-corrected chi connectivity index (χ3v) is 6.32. The first-order chi connectivity index (χ1) is 13.1. The largest absolute Gasteiger partial charge is 0.459 e. The molecule has 1 aromatic carbocycles. The number of rotatable bonds is 6. The molecule has 0 saturated carbocycles. The minimum Gasteiger partial charge on any atom is -0.459 e. The molecule has 1 saturated heterocycles. The second-order valence-corrected chi connectivity index (χ2v) is 8.36. The Bertz CT molecular complexity index is 962. The van der Waals surface area contributed by atoms with E-state index in [0.29, 0.717) is 50.3 Å². The van der Waals surface area contributed by atoms with Gasteiger partial charge in [0.2, 0.25) is 15.9 Å². The predicted molar refractivity (Wildman–Crippen MR) is 97.9 cm³/mol. The molecule has 3 heterocycles. The van der Waals surface area contributed by atoms with Crippen molar-refractivity contribution in [2.45, 2.75) is 12.3 Å². The Morgan fingerprint density at radius 3 is 2.44 bits per heavy atom. The molecule has 1 aliphatic rings. The van der Waals surface area contributed by atoms with E-state index < -0.39 is 10.0 Å². The summed E-state index contributed by atoms with van der Waals surface area (Å²) < 4.78 is 37.6. The van der Waals surface area contributed by atoms with E-state index in [1.165, 1.54) is 0 Å². The van der Waals surface area contributed by atoms with Crippen LogP contribution in [0.15, 0.2) is 57.6 Å². The molecule has 27 heavy (non-hydrogen) atoms. The van der Waals surface area contributed by atoms with Crippen molar-refractivity contribution >= 4 is 10.0 Å². The van der Waals surface area contributed by atoms with Crippen LogP contribution in [0.4, 0.5) is 0 Å². The quantitative estimate of drug-likeness (QED) is 0.637. The van der Waals surface area contributed by atoms with Gasteiger partial charge in [0.1, 0.15) is 0 Å². The highest BCUT2D eigenvalue weighted by atomic mass is 32.2. The van der Waals surface area contributed by atoms with E-state index >= 15 is 0 Å². The summed E-state index contributed by atoms with van der Waals surface area (Å²) in [6, 6.07) is 12.8. The lowest BCUT2D eigenvalue weighted by atomic mass is 10.2. The molecule has 9 heteroatoms. The highest BCUT2D eigenvalue weighted by Gasteiger charge is 2.27. The lowest BCUT2D eigenvalue weighted by Gasteiger charge is -2.33. The number of hydrogen-bond donors (Lipinski definition) is 0. The zero-order chi connectivity index (χ0) is 18.7. The lowest BCUT2D eigenvalue weighted by molar-refractivity contribution is 0.168. The smallest absolute Gasteiger partial charge is 0.283 e. The van der Waals surface area contributed by atoms with Crippen LogP contribution in [0.2, 0.25) is 0 Å². The van der Waals surface area contributed by atoms with E-state index in [9.17, 15) is 8.42 Å². The first kappa shape index (κ1) is 17.9. The van der Waals surface area contributed by atoms with Gasteiger partial charge in [0.15, 0.2) is 5.76 Å². The fraction of sp³-hybridized carbons (Fsp3) is 0.333. The molecule has 1 fully saturated rings. The van der Waals surface area contributed by atoms with Gasteiger partial charge < -0.3 is 8.83 Å². The van der Waals surface area contributed by atoms with Crippen LogP contribution < -0.4 is 0 Å². The monoisotopic (exact) mass is 388 g/mol. The SMILES string of the molecule is O=S(=O)(Cc1ccccc1)N1CCN(Cc2nnc(-c3ccco3)o2)CC1. The minimum absolute atomic E-state index is 0.0318. The van der Waals surface area contributed by atoms with Gasteiger partial charge in [-0.25, -0.2) is 8.42 Å². The van der Waals surface area contributed by atoms with E-state index in [0.717, 1.165) is 5.56 Å². The van der Waals surface area contributed by atoms with Crippen molar-refractivity contribution in [1.29, 1.82) is 0 Å². The maximum absolute atomic E-state index is 12.6. The number of hydrogen-bond acceptors (Lipinski definition) is 7. The number of nitrogens with zero attached hydrogens (tertiary/aromatic N) is 4. The Morgan fingerprint density at radius 1 is 0.963 bits per heavy atom. The van der Waals surface area contributed by atoms with Gasteiger partial charge in [0, 0.05) is 26.2 Å². The van der Waals surface area contributed by atoms with Gasteiger partial charge in [-0.3, -0.25) is 4.90 Å². The van der Waals surface area contributed by atoms with E-state index in [1.54, 1.807) is 22.7 Å². The molecule has 0 unspecified atom stereocenters. The van der Waals surface area contributed by atoms with Crippen molar-refractivity contribution in [2.24, 2.45) is 0 Å². The zero-order valence-corrected chi connectivity index (χ0v) is 15.5. The maximum Gasteiger partial charge on any atom is 0.283 e. The number of piperazine rings is 1. The molecular formula is C18H20N4O4S. The standard InChI is InChI=1S/C18H20N4O4S/c23-27(24,14-15-5-2-1-3-6-15)22-10-8-21(9-11-22)13-17-19-20-18(26-17)16-7-4-12-25-16/h1-7,12H,8-11,13-14H2. The second-order valence-electron chi connectivity index (χ2n) is 6.40. The molecule has 0 bridgehead atoms. The van der Waals surface area contributed by atoms with Gasteiger partial charge in [-0.2, -0.15) is 4.31 Å². The van der Waals surface area contributed by atoms with E-state index in [1.807, 2.05) is 30.3 Å². The third-order valence-electron chi connectivity index (χ3n) is 4.47. The highest BCUT2D eigenvalue weighted by molar-refractivity contribution is 7.88. The summed E-state index contributed by atoms with van der Waals surface area (Å²) in [6.45, 7) is 2.63. The molecule has 8 nitrogen and oxygen atoms in total. The van der Waals surface area contributed by atoms with Crippen LogP contribution >= 0.6 is 0 Å². The Kier molecular flexibility index (Phi) is 5.06. The number of aromatic nitrogens is 2. The van der Waals surface area contributed by atoms with Crippen LogP contribution in [0.1, 0.15) is 11.5 Å². The summed E-state index contributed by atoms with van der Waals surface area (Å²) in [7, 11) is -3.32. The van der Waals surface area contributed by atoms with E-state index in [2.05, 4.69) is 15.1 Å². The molecule has 142 valence electrons. The van der Waals surface area contributed by atoms with Crippen LogP contribution in [0.25, 0.3) is 11.7 Å². The fourth-order valence-electron chi connectivity index (χ4n) is 3.05. The van der Waals surface area contributed by atoms with Crippen molar-refractivity contribution in [3.63, 3.8) is 0 Å². The molecule has 3 aromatic rings. The predicted octanol–water partition coefficient (Wildman–Crippen LogP) is 1.98. The van der Waals surface area contributed by atoms with Gasteiger partial charge in [-0.05, 0) is 17.7 Å². The molecule has 4 rings (SSSR count). The van der Waals surface area contributed by atoms with Crippen molar-refractivity contribution < 1.29 is 17.3 Å². The lowest BCUT2D eigenvalue weighted by Crippen LogP contribution is -2.48. The number of sulfonamides is 1. The summed E-state index contributed by atoms with van der Waals surface area (Å²) >= 11 is 0. The van der Waals surface area contributed by atoms with Gasteiger partial charge in [0.25, 0.3) is 5.89 Å². The first-order valence-corrected chi connectivity index (χ1v) is 10.3. The Balaban J connectivity index is 1.32. The fourth-order valence-corrected chi connectivity index (χ4v) is 4.57. The van der Waals surface area contributed by atoms with Crippen LogP contribution in [-0.2, 0) is 22.3 Å². The van der Waals surface area contributed by atoms with Crippen molar-refractivity contribution in [1.82, 2.24) is 19.4 Å². The molecule has 0 aliphatic carbocycles. The van der Waals surface area contributed by atoms with Gasteiger partial charge >= 0.3 is 0 Å². The summed E-state index contributed by atoms with van der Waals surface area (Å²) in [5, 5.41) is 8.02. The van der Waals surface area contributed by atoms with E-state index in [-0.39, 0.29) is 5.75 Å². The van der Waals surface area contributed by atoms with Gasteiger partial charge in [-0.1, -0.05) is 30.3 Å². The average Bonchev–Trinajstić information content (AvgIpc) is 3.34. The van der Waals surface area contributed by atoms with Crippen molar-refractivity contribution in [3.05, 3.63) is 60.2 Å². The number of benzene rings is 1. The summed E-state index contributed by atoms with van der Waals surface area (Å²) in [4.78, 5) is 2.11. The molecule has 1 aliphatic heterocycles. The maximum atomic E-state index is 12.6. The minimum atomic E-state index is -3.32. The molecule has 2 aromatic heterocycles. The van der Waals surface area contributed by atoms with Crippen LogP contribution in [0.3, 0.4) is 0 Å². The van der Waals surface area contributed by atoms with Crippen LogP contribution in [0, 0.1) is 0 Å². The zero-order valence-electron chi connectivity index (χ0n) is 14.7. The Labute approximate surface area is 157 Å². The molecule has 0 amide bonds. The summed E-state index contributed by atoms with van der Waals surface area (Å²) in [6.07, 6.45) is 1.55. The van der Waals surface area contributed by atoms with Crippen LogP contribution in [0.5, 0.6) is 0 Å². The number of furan rings is 1.